The van der Waals surface area contributed by atoms with Crippen molar-refractivity contribution in [3.8, 4) is 12.3 Å². The van der Waals surface area contributed by atoms with Crippen molar-refractivity contribution >= 4 is 16.1 Å². The van der Waals surface area contributed by atoms with E-state index in [1.807, 2.05) is 20.8 Å². The average Bonchev–Trinajstić information content (AvgIpc) is 2.96. The van der Waals surface area contributed by atoms with Gasteiger partial charge in [-0.15, -0.1) is 12.3 Å². The van der Waals surface area contributed by atoms with Crippen molar-refractivity contribution in [1.29, 1.82) is 0 Å². The number of ether oxygens (including phenoxy) is 1. The highest BCUT2D eigenvalue weighted by atomic mass is 32.2. The van der Waals surface area contributed by atoms with E-state index in [0.29, 0.717) is 50.9 Å². The summed E-state index contributed by atoms with van der Waals surface area (Å²) in [6, 6.07) is 0. The van der Waals surface area contributed by atoms with Gasteiger partial charge in [0.1, 0.15) is 5.60 Å². The van der Waals surface area contributed by atoms with Gasteiger partial charge in [0, 0.05) is 32.1 Å². The Bertz CT molecular complexity index is 641. The monoisotopic (exact) mass is 354 g/mol. The molecule has 24 heavy (non-hydrogen) atoms. The molecule has 2 atom stereocenters. The summed E-state index contributed by atoms with van der Waals surface area (Å²) in [5.74, 6) is 3.73. The highest BCUT2D eigenvalue weighted by Crippen LogP contribution is 2.52. The molecule has 3 fully saturated rings. The van der Waals surface area contributed by atoms with Gasteiger partial charge >= 0.3 is 6.09 Å². The standard InChI is InChI=1S/C17H26N2O4S/c1-5-13-14-10-19(11-15(13)14)24(21,22)12-6-8-18(9-7-12)16(20)23-17(2,3)4/h1,12-15H,6-11H2,2-4H3. The van der Waals surface area contributed by atoms with Crippen LogP contribution in [-0.2, 0) is 14.8 Å². The maximum Gasteiger partial charge on any atom is 0.410 e. The van der Waals surface area contributed by atoms with E-state index in [0.717, 1.165) is 0 Å². The minimum atomic E-state index is -3.29. The van der Waals surface area contributed by atoms with Gasteiger partial charge in [-0.05, 0) is 45.4 Å². The van der Waals surface area contributed by atoms with Crippen LogP contribution in [0.5, 0.6) is 0 Å². The largest absolute Gasteiger partial charge is 0.444 e. The SMILES string of the molecule is C#CC1C2CN(S(=O)(=O)C3CCN(C(=O)OC(C)(C)C)CC3)CC12. The number of carbonyl (C=O) groups is 1. The molecule has 7 heteroatoms. The molecule has 0 N–H and O–H groups in total. The maximum atomic E-state index is 12.8. The Labute approximate surface area is 144 Å². The molecule has 6 nitrogen and oxygen atoms in total. The van der Waals surface area contributed by atoms with Crippen LogP contribution in [0.25, 0.3) is 0 Å². The number of fused-ring (bicyclic) bond motifs is 1. The van der Waals surface area contributed by atoms with Gasteiger partial charge in [-0.1, -0.05) is 0 Å². The number of amides is 1. The smallest absolute Gasteiger partial charge is 0.410 e. The van der Waals surface area contributed by atoms with Crippen molar-refractivity contribution in [2.45, 2.75) is 44.5 Å². The molecule has 2 saturated heterocycles. The molecule has 2 aliphatic heterocycles. The van der Waals surface area contributed by atoms with E-state index in [1.165, 1.54) is 0 Å². The van der Waals surface area contributed by atoms with Crippen LogP contribution in [0.2, 0.25) is 0 Å². The Morgan fingerprint density at radius 3 is 2.17 bits per heavy atom. The molecule has 134 valence electrons. The van der Waals surface area contributed by atoms with E-state index in [9.17, 15) is 13.2 Å². The molecule has 0 aromatic carbocycles. The van der Waals surface area contributed by atoms with Crippen LogP contribution in [0, 0.1) is 30.1 Å². The fourth-order valence-corrected chi connectivity index (χ4v) is 5.80. The average molecular weight is 354 g/mol. The van der Waals surface area contributed by atoms with Crippen LogP contribution in [0.15, 0.2) is 0 Å². The van der Waals surface area contributed by atoms with Gasteiger partial charge in [0.15, 0.2) is 0 Å². The molecule has 0 bridgehead atoms. The number of rotatable bonds is 2. The van der Waals surface area contributed by atoms with Crippen molar-refractivity contribution in [3.05, 3.63) is 0 Å². The van der Waals surface area contributed by atoms with Crippen LogP contribution in [0.4, 0.5) is 4.79 Å². The van der Waals surface area contributed by atoms with Crippen molar-refractivity contribution in [2.75, 3.05) is 26.2 Å². The summed E-state index contributed by atoms with van der Waals surface area (Å²) in [5.41, 5.74) is -0.538. The van der Waals surface area contributed by atoms with Gasteiger partial charge in [0.2, 0.25) is 10.0 Å². The minimum Gasteiger partial charge on any atom is -0.444 e. The molecule has 3 rings (SSSR count). The predicted molar refractivity (Wildman–Crippen MR) is 90.6 cm³/mol. The number of carbonyl (C=O) groups excluding carboxylic acids is 1. The first-order chi connectivity index (χ1) is 11.1. The number of terminal acetylenes is 1. The van der Waals surface area contributed by atoms with Gasteiger partial charge in [-0.25, -0.2) is 17.5 Å². The second-order valence-corrected chi connectivity index (χ2v) is 10.3. The summed E-state index contributed by atoms with van der Waals surface area (Å²) in [7, 11) is -3.29. The molecular weight excluding hydrogens is 328 g/mol. The molecule has 1 amide bonds. The normalized spacial score (nSPS) is 31.4. The third kappa shape index (κ3) is 3.27. The molecule has 0 radical (unpaired) electrons. The van der Waals surface area contributed by atoms with Crippen LogP contribution in [0.3, 0.4) is 0 Å². The Balaban J connectivity index is 1.53. The van der Waals surface area contributed by atoms with E-state index >= 15 is 0 Å². The number of piperidine rings is 2. The first kappa shape index (κ1) is 17.6. The fourth-order valence-electron chi connectivity index (χ4n) is 3.82. The number of sulfonamides is 1. The molecule has 1 saturated carbocycles. The second kappa shape index (κ2) is 5.92. The van der Waals surface area contributed by atoms with Crippen molar-refractivity contribution in [1.82, 2.24) is 9.21 Å². The summed E-state index contributed by atoms with van der Waals surface area (Å²) in [6.07, 6.45) is 6.01. The van der Waals surface area contributed by atoms with Gasteiger partial charge in [0.25, 0.3) is 0 Å². The third-order valence-corrected chi connectivity index (χ3v) is 7.56. The van der Waals surface area contributed by atoms with E-state index in [4.69, 9.17) is 11.2 Å². The number of likely N-dealkylation sites (tertiary alicyclic amines) is 1. The lowest BCUT2D eigenvalue weighted by Crippen LogP contribution is -2.48. The van der Waals surface area contributed by atoms with Crippen molar-refractivity contribution in [3.63, 3.8) is 0 Å². The predicted octanol–water partition coefficient (Wildman–Crippen LogP) is 1.53. The highest BCUT2D eigenvalue weighted by Gasteiger charge is 2.58. The third-order valence-electron chi connectivity index (χ3n) is 5.23. The Kier molecular flexibility index (Phi) is 4.33. The van der Waals surface area contributed by atoms with Crippen LogP contribution >= 0.6 is 0 Å². The molecule has 3 aliphatic rings. The molecule has 2 unspecified atom stereocenters. The Morgan fingerprint density at radius 2 is 1.71 bits per heavy atom. The Morgan fingerprint density at radius 1 is 1.17 bits per heavy atom. The van der Waals surface area contributed by atoms with Gasteiger partial charge in [-0.2, -0.15) is 0 Å². The van der Waals surface area contributed by atoms with Gasteiger partial charge in [0.05, 0.1) is 5.25 Å². The second-order valence-electron chi connectivity index (χ2n) is 8.05. The number of nitrogens with zero attached hydrogens (tertiary/aromatic N) is 2. The van der Waals surface area contributed by atoms with E-state index in [2.05, 4.69) is 5.92 Å². The minimum absolute atomic E-state index is 0.269. The fraction of sp³-hybridized carbons (Fsp3) is 0.824. The summed E-state index contributed by atoms with van der Waals surface area (Å²) in [4.78, 5) is 13.7. The Hall–Kier alpha value is -1.26. The van der Waals surface area contributed by atoms with Gasteiger partial charge < -0.3 is 9.64 Å². The molecular formula is C17H26N2O4S. The zero-order valence-electron chi connectivity index (χ0n) is 14.6. The van der Waals surface area contributed by atoms with Gasteiger partial charge in [-0.3, -0.25) is 0 Å². The van der Waals surface area contributed by atoms with E-state index in [-0.39, 0.29) is 12.0 Å². The topological polar surface area (TPSA) is 66.9 Å². The first-order valence-electron chi connectivity index (χ1n) is 8.56. The number of hydrogen-bond acceptors (Lipinski definition) is 4. The summed E-state index contributed by atoms with van der Waals surface area (Å²) < 4.78 is 32.6. The highest BCUT2D eigenvalue weighted by molar-refractivity contribution is 7.89. The zero-order valence-corrected chi connectivity index (χ0v) is 15.4. The maximum absolute atomic E-state index is 12.8. The van der Waals surface area contributed by atoms with Crippen LogP contribution in [-0.4, -0.2) is 60.7 Å². The molecule has 0 aromatic heterocycles. The molecule has 1 aliphatic carbocycles. The number of hydrogen-bond donors (Lipinski definition) is 0. The quantitative estimate of drug-likeness (QED) is 0.705. The van der Waals surface area contributed by atoms with Crippen molar-refractivity contribution < 1.29 is 17.9 Å². The van der Waals surface area contributed by atoms with Crippen LogP contribution in [0.1, 0.15) is 33.6 Å². The molecule has 2 heterocycles. The summed E-state index contributed by atoms with van der Waals surface area (Å²) in [5, 5.41) is -0.405. The van der Waals surface area contributed by atoms with E-state index in [1.54, 1.807) is 9.21 Å². The van der Waals surface area contributed by atoms with Crippen molar-refractivity contribution in [2.24, 2.45) is 17.8 Å². The molecule has 0 spiro atoms. The molecule has 0 aromatic rings. The first-order valence-corrected chi connectivity index (χ1v) is 10.1. The lowest BCUT2D eigenvalue weighted by atomic mass is 10.1. The lowest BCUT2D eigenvalue weighted by molar-refractivity contribution is 0.0216. The van der Waals surface area contributed by atoms with E-state index < -0.39 is 20.9 Å². The summed E-state index contributed by atoms with van der Waals surface area (Å²) >= 11 is 0. The zero-order chi connectivity index (χ0) is 17.7. The van der Waals surface area contributed by atoms with Crippen LogP contribution < -0.4 is 0 Å². The lowest BCUT2D eigenvalue weighted by Gasteiger charge is -2.34. The summed E-state index contributed by atoms with van der Waals surface area (Å²) in [6.45, 7) is 7.44.